The number of hydrogen-bond donors (Lipinski definition) is 1. The predicted molar refractivity (Wildman–Crippen MR) is 62.9 cm³/mol. The first-order valence-electron chi connectivity index (χ1n) is 5.17. The molecule has 1 aliphatic rings. The highest BCUT2D eigenvalue weighted by molar-refractivity contribution is 5.98. The van der Waals surface area contributed by atoms with Gasteiger partial charge in [-0.3, -0.25) is 9.59 Å². The molecule has 4 nitrogen and oxygen atoms in total. The molecule has 0 saturated carbocycles. The van der Waals surface area contributed by atoms with Crippen molar-refractivity contribution in [1.29, 1.82) is 0 Å². The minimum absolute atomic E-state index is 0.237. The summed E-state index contributed by atoms with van der Waals surface area (Å²) in [5, 5.41) is 6.30. The van der Waals surface area contributed by atoms with Crippen molar-refractivity contribution in [2.75, 3.05) is 0 Å². The van der Waals surface area contributed by atoms with Crippen molar-refractivity contribution >= 4 is 11.8 Å². The standard InChI is InChI=1S/C13H11N2O2/c1-9-8-14-12(16)7-11(9)15-13(17)10-5-3-2-4-6-10/h2-8H,1H3,(H,15,17). The van der Waals surface area contributed by atoms with E-state index in [1.54, 1.807) is 31.2 Å². The number of benzene rings is 1. The summed E-state index contributed by atoms with van der Waals surface area (Å²) >= 11 is 0. The van der Waals surface area contributed by atoms with Crippen LogP contribution in [0.25, 0.3) is 0 Å². The molecule has 0 unspecified atom stereocenters. The molecule has 85 valence electrons. The molecule has 4 heteroatoms. The van der Waals surface area contributed by atoms with Crippen LogP contribution in [0.5, 0.6) is 0 Å². The lowest BCUT2D eigenvalue weighted by Gasteiger charge is -2.13. The van der Waals surface area contributed by atoms with E-state index in [0.29, 0.717) is 11.3 Å². The molecule has 1 N–H and O–H groups in total. The third kappa shape index (κ3) is 2.60. The fraction of sp³-hybridized carbons (Fsp3) is 0.0769. The first-order chi connectivity index (χ1) is 8.16. The second-order valence-electron chi connectivity index (χ2n) is 3.66. The third-order valence-electron chi connectivity index (χ3n) is 2.36. The summed E-state index contributed by atoms with van der Waals surface area (Å²) in [6.45, 7) is 1.78. The number of rotatable bonds is 2. The number of carbonyl (C=O) groups excluding carboxylic acids is 2. The normalized spacial score (nSPS) is 14.5. The molecule has 0 aromatic heterocycles. The quantitative estimate of drug-likeness (QED) is 0.829. The number of nitrogens with zero attached hydrogens (tertiary/aromatic N) is 1. The Morgan fingerprint density at radius 2 is 1.94 bits per heavy atom. The van der Waals surface area contributed by atoms with E-state index in [9.17, 15) is 9.59 Å². The summed E-state index contributed by atoms with van der Waals surface area (Å²) in [4.78, 5) is 22.9. The van der Waals surface area contributed by atoms with Crippen LogP contribution in [-0.4, -0.2) is 11.8 Å². The largest absolute Gasteiger partial charge is 0.321 e. The summed E-state index contributed by atoms with van der Waals surface area (Å²) in [5.74, 6) is -0.599. The van der Waals surface area contributed by atoms with Crippen LogP contribution in [0.2, 0.25) is 0 Å². The second-order valence-corrected chi connectivity index (χ2v) is 3.66. The molecule has 0 bridgehead atoms. The monoisotopic (exact) mass is 227 g/mol. The lowest BCUT2D eigenvalue weighted by Crippen LogP contribution is -2.27. The average molecular weight is 227 g/mol. The number of hydrogen-bond acceptors (Lipinski definition) is 2. The lowest BCUT2D eigenvalue weighted by molar-refractivity contribution is -0.116. The number of nitrogens with one attached hydrogen (secondary N) is 1. The van der Waals surface area contributed by atoms with Crippen molar-refractivity contribution in [2.45, 2.75) is 6.92 Å². The van der Waals surface area contributed by atoms with Gasteiger partial charge in [0.1, 0.15) is 0 Å². The molecule has 1 aromatic rings. The Bertz CT molecular complexity index is 515. The van der Waals surface area contributed by atoms with Crippen LogP contribution >= 0.6 is 0 Å². The topological polar surface area (TPSA) is 60.3 Å². The maximum absolute atomic E-state index is 11.8. The fourth-order valence-electron chi connectivity index (χ4n) is 1.42. The zero-order chi connectivity index (χ0) is 12.3. The molecule has 0 saturated heterocycles. The maximum Gasteiger partial charge on any atom is 0.271 e. The molecule has 0 fully saturated rings. The van der Waals surface area contributed by atoms with Gasteiger partial charge in [0.25, 0.3) is 11.8 Å². The van der Waals surface area contributed by atoms with E-state index in [2.05, 4.69) is 10.6 Å². The molecule has 0 atom stereocenters. The first kappa shape index (κ1) is 11.1. The fourth-order valence-corrected chi connectivity index (χ4v) is 1.42. The van der Waals surface area contributed by atoms with Gasteiger partial charge in [-0.15, -0.1) is 0 Å². The van der Waals surface area contributed by atoms with Gasteiger partial charge >= 0.3 is 0 Å². The van der Waals surface area contributed by atoms with Gasteiger partial charge in [-0.1, -0.05) is 18.2 Å². The Labute approximate surface area is 99.0 Å². The van der Waals surface area contributed by atoms with Crippen molar-refractivity contribution in [2.24, 2.45) is 0 Å². The van der Waals surface area contributed by atoms with E-state index >= 15 is 0 Å². The molecule has 1 heterocycles. The minimum atomic E-state index is -0.362. The maximum atomic E-state index is 11.8. The van der Waals surface area contributed by atoms with Gasteiger partial charge in [0.2, 0.25) is 0 Å². The van der Waals surface area contributed by atoms with E-state index in [4.69, 9.17) is 0 Å². The zero-order valence-corrected chi connectivity index (χ0v) is 9.31. The highest BCUT2D eigenvalue weighted by atomic mass is 16.2. The summed E-state index contributed by atoms with van der Waals surface area (Å²) in [6.07, 6.45) is 2.76. The molecular weight excluding hydrogens is 216 g/mol. The molecule has 17 heavy (non-hydrogen) atoms. The Balaban J connectivity index is 2.14. The van der Waals surface area contributed by atoms with Gasteiger partial charge in [-0.25, -0.2) is 5.32 Å². The smallest absolute Gasteiger partial charge is 0.271 e. The molecule has 0 aliphatic carbocycles. The van der Waals surface area contributed by atoms with E-state index in [1.165, 1.54) is 12.3 Å². The van der Waals surface area contributed by atoms with Gasteiger partial charge in [0.05, 0.1) is 5.70 Å². The molecule has 2 amide bonds. The Morgan fingerprint density at radius 3 is 2.65 bits per heavy atom. The van der Waals surface area contributed by atoms with Crippen LogP contribution in [-0.2, 0) is 4.79 Å². The lowest BCUT2D eigenvalue weighted by atomic mass is 10.1. The number of allylic oxidation sites excluding steroid dienone is 1. The van der Waals surface area contributed by atoms with Gasteiger partial charge in [0.15, 0.2) is 0 Å². The van der Waals surface area contributed by atoms with Crippen LogP contribution in [0, 0.1) is 0 Å². The number of amides is 2. The van der Waals surface area contributed by atoms with E-state index in [1.807, 2.05) is 6.07 Å². The summed E-state index contributed by atoms with van der Waals surface area (Å²) in [6, 6.07) is 8.83. The van der Waals surface area contributed by atoms with Crippen molar-refractivity contribution in [3.05, 3.63) is 59.4 Å². The molecular formula is C13H11N2O2. The molecule has 1 radical (unpaired) electrons. The number of carbonyl (C=O) groups is 2. The predicted octanol–water partition coefficient (Wildman–Crippen LogP) is 1.35. The second kappa shape index (κ2) is 4.65. The minimum Gasteiger partial charge on any atom is -0.321 e. The van der Waals surface area contributed by atoms with Crippen LogP contribution in [0.3, 0.4) is 0 Å². The van der Waals surface area contributed by atoms with E-state index < -0.39 is 0 Å². The molecule has 1 aromatic carbocycles. The first-order valence-corrected chi connectivity index (χ1v) is 5.17. The Kier molecular flexibility index (Phi) is 3.05. The molecule has 2 rings (SSSR count). The van der Waals surface area contributed by atoms with Gasteiger partial charge < -0.3 is 5.32 Å². The highest BCUT2D eigenvalue weighted by Crippen LogP contribution is 2.10. The third-order valence-corrected chi connectivity index (χ3v) is 2.36. The molecule has 0 spiro atoms. The summed E-state index contributed by atoms with van der Waals surface area (Å²) in [7, 11) is 0. The van der Waals surface area contributed by atoms with Crippen LogP contribution in [0.1, 0.15) is 17.3 Å². The van der Waals surface area contributed by atoms with Crippen LogP contribution in [0.15, 0.2) is 53.9 Å². The van der Waals surface area contributed by atoms with Crippen LogP contribution in [0.4, 0.5) is 0 Å². The Morgan fingerprint density at radius 1 is 1.24 bits per heavy atom. The highest BCUT2D eigenvalue weighted by Gasteiger charge is 2.14. The van der Waals surface area contributed by atoms with Gasteiger partial charge in [0, 0.05) is 17.8 Å². The van der Waals surface area contributed by atoms with Crippen LogP contribution < -0.4 is 10.6 Å². The average Bonchev–Trinajstić information content (AvgIpc) is 2.35. The van der Waals surface area contributed by atoms with E-state index in [-0.39, 0.29) is 11.8 Å². The van der Waals surface area contributed by atoms with Crippen molar-refractivity contribution in [3.8, 4) is 0 Å². The van der Waals surface area contributed by atoms with E-state index in [0.717, 1.165) is 5.57 Å². The van der Waals surface area contributed by atoms with Gasteiger partial charge in [-0.2, -0.15) is 0 Å². The van der Waals surface area contributed by atoms with Crippen molar-refractivity contribution < 1.29 is 9.59 Å². The van der Waals surface area contributed by atoms with Crippen molar-refractivity contribution in [3.63, 3.8) is 0 Å². The molecule has 1 aliphatic heterocycles. The van der Waals surface area contributed by atoms with Gasteiger partial charge in [-0.05, 0) is 24.6 Å². The SMILES string of the molecule is CC1=C[N]C(=O)C=C1NC(=O)c1ccccc1. The summed E-state index contributed by atoms with van der Waals surface area (Å²) < 4.78 is 0. The summed E-state index contributed by atoms with van der Waals surface area (Å²) in [5.41, 5.74) is 1.81. The zero-order valence-electron chi connectivity index (χ0n) is 9.31. The van der Waals surface area contributed by atoms with Crippen molar-refractivity contribution in [1.82, 2.24) is 10.6 Å². The Hall–Kier alpha value is -2.36.